The number of nitrogens with zero attached hydrogens (tertiary/aromatic N) is 2. The van der Waals surface area contributed by atoms with Crippen molar-refractivity contribution in [3.8, 4) is 0 Å². The fourth-order valence-electron chi connectivity index (χ4n) is 2.12. The van der Waals surface area contributed by atoms with E-state index in [9.17, 15) is 33.2 Å². The molecule has 0 saturated carbocycles. The number of ether oxygens (including phenoxy) is 1. The summed E-state index contributed by atoms with van der Waals surface area (Å²) >= 11 is 0. The topological polar surface area (TPSA) is 348 Å². The lowest BCUT2D eigenvalue weighted by atomic mass is 10.2. The highest BCUT2D eigenvalue weighted by Gasteiger charge is 2.30. The van der Waals surface area contributed by atoms with Gasteiger partial charge in [-0.2, -0.15) is 4.98 Å². The van der Waals surface area contributed by atoms with Crippen molar-refractivity contribution in [3.05, 3.63) is 22.7 Å². The number of anilines is 1. The maximum Gasteiger partial charge on any atom is 0.351 e. The van der Waals surface area contributed by atoms with E-state index in [1.54, 1.807) is 0 Å². The van der Waals surface area contributed by atoms with E-state index >= 15 is 0 Å². The molecule has 1 aliphatic heterocycles. The van der Waals surface area contributed by atoms with Crippen LogP contribution in [0.1, 0.15) is 19.1 Å². The Morgan fingerprint density at radius 1 is 1.17 bits per heavy atom. The van der Waals surface area contributed by atoms with Crippen LogP contribution in [-0.2, 0) is 31.6 Å². The molecule has 178 valence electrons. The molecule has 18 nitrogen and oxygen atoms in total. The second-order valence-corrected chi connectivity index (χ2v) is 9.44. The molecule has 5 atom stereocenters. The fourth-order valence-corrected chi connectivity index (χ4v) is 5.04. The predicted octanol–water partition coefficient (Wildman–Crippen LogP) is -0.921. The maximum absolute atomic E-state index is 11.7. The fraction of sp³-hybridized carbons (Fsp3) is 0.556. The van der Waals surface area contributed by atoms with Gasteiger partial charge in [-0.1, -0.05) is 0 Å². The Morgan fingerprint density at radius 2 is 1.77 bits per heavy atom. The molecule has 21 heteroatoms. The van der Waals surface area contributed by atoms with Gasteiger partial charge in [0, 0.05) is 6.20 Å². The summed E-state index contributed by atoms with van der Waals surface area (Å²) in [4.78, 5) is 56.4. The zero-order valence-electron chi connectivity index (χ0n) is 16.2. The molecule has 3 unspecified atom stereocenters. The SMILES string of the molecule is Nc1ccn([C@H]2CC[C@@H](COP(=O)([O-])OP(=O)([O-])OP(=O)([O-])O)O2)c(=O)n1.[NH4+].[NH4+].[NH4+]. The number of aromatic nitrogens is 2. The van der Waals surface area contributed by atoms with Crippen LogP contribution in [0.3, 0.4) is 0 Å². The Morgan fingerprint density at radius 3 is 2.30 bits per heavy atom. The number of rotatable bonds is 8. The number of phosphoric ester groups is 1. The van der Waals surface area contributed by atoms with Gasteiger partial charge in [-0.15, -0.1) is 0 Å². The summed E-state index contributed by atoms with van der Waals surface area (Å²) in [5.74, 6) is 0.00772. The van der Waals surface area contributed by atoms with Gasteiger partial charge in [0.25, 0.3) is 23.5 Å². The largest absolute Gasteiger partial charge is 0.756 e. The minimum Gasteiger partial charge on any atom is -0.756 e. The summed E-state index contributed by atoms with van der Waals surface area (Å²) in [5.41, 5.74) is 4.68. The van der Waals surface area contributed by atoms with Crippen molar-refractivity contribution in [2.75, 3.05) is 12.3 Å². The van der Waals surface area contributed by atoms with Crippen LogP contribution in [0.4, 0.5) is 5.82 Å². The maximum atomic E-state index is 11.7. The second kappa shape index (κ2) is 11.5. The standard InChI is InChI=1S/C9H16N3O12P3.3H3N/c10-7-3-4-12(9(13)11-7)8-2-1-6(22-8)5-21-26(17,18)24-27(19,20)23-25(14,15)16;;;/h3-4,6,8H,1-2,5H2,(H,17,18)(H,19,20)(H2,10,11,13)(H2,14,15,16);3*1H3/t6-,8+;;;/m0.../s1. The van der Waals surface area contributed by atoms with E-state index in [4.69, 9.17) is 15.4 Å². The zero-order chi connectivity index (χ0) is 20.5. The number of quaternary nitrogens is 3. The van der Waals surface area contributed by atoms with E-state index in [0.717, 1.165) is 4.57 Å². The molecule has 15 N–H and O–H groups in total. The average molecular weight is 502 g/mol. The van der Waals surface area contributed by atoms with E-state index in [-0.39, 0.29) is 37.1 Å². The molecular formula is C9H25N6O12P3. The van der Waals surface area contributed by atoms with Crippen LogP contribution in [-0.4, -0.2) is 27.2 Å². The Labute approximate surface area is 169 Å². The highest BCUT2D eigenvalue weighted by molar-refractivity contribution is 7.65. The number of phosphoric acid groups is 3. The summed E-state index contributed by atoms with van der Waals surface area (Å²) in [6.07, 6.45) is 0.221. The van der Waals surface area contributed by atoms with Crippen molar-refractivity contribution in [2.45, 2.75) is 25.2 Å². The van der Waals surface area contributed by atoms with Crippen LogP contribution in [0.25, 0.3) is 0 Å². The van der Waals surface area contributed by atoms with Crippen molar-refractivity contribution in [3.63, 3.8) is 0 Å². The molecule has 1 fully saturated rings. The van der Waals surface area contributed by atoms with Crippen LogP contribution in [0.5, 0.6) is 0 Å². The summed E-state index contributed by atoms with van der Waals surface area (Å²) in [5, 5.41) is 0. The molecule has 0 aliphatic carbocycles. The Balaban J connectivity index is 0. The molecule has 30 heavy (non-hydrogen) atoms. The van der Waals surface area contributed by atoms with Gasteiger partial charge in [-0.25, -0.2) is 13.4 Å². The first kappa shape index (κ1) is 31.1. The highest BCUT2D eigenvalue weighted by Crippen LogP contribution is 2.61. The van der Waals surface area contributed by atoms with E-state index in [0.29, 0.717) is 0 Å². The molecular weight excluding hydrogens is 477 g/mol. The molecule has 0 radical (unpaired) electrons. The molecule has 2 heterocycles. The monoisotopic (exact) mass is 502 g/mol. The quantitative estimate of drug-likeness (QED) is 0.268. The van der Waals surface area contributed by atoms with Crippen molar-refractivity contribution in [2.24, 2.45) is 0 Å². The minimum absolute atomic E-state index is 0. The Kier molecular flexibility index (Phi) is 12.0. The first-order valence-electron chi connectivity index (χ1n) is 7.00. The van der Waals surface area contributed by atoms with Gasteiger partial charge in [-0.05, 0) is 18.9 Å². The summed E-state index contributed by atoms with van der Waals surface area (Å²) in [6, 6.07) is 1.36. The van der Waals surface area contributed by atoms with Gasteiger partial charge in [0.05, 0.1) is 12.7 Å². The molecule has 0 spiro atoms. The number of nitrogens with two attached hydrogens (primary N) is 1. The lowest BCUT2D eigenvalue weighted by molar-refractivity contribution is -0.250. The lowest BCUT2D eigenvalue weighted by Crippen LogP contribution is -2.28. The first-order valence-corrected chi connectivity index (χ1v) is 11.4. The zero-order valence-corrected chi connectivity index (χ0v) is 18.9. The molecule has 1 saturated heterocycles. The van der Waals surface area contributed by atoms with E-state index in [2.05, 4.69) is 18.1 Å². The predicted molar refractivity (Wildman–Crippen MR) is 97.2 cm³/mol. The van der Waals surface area contributed by atoms with Crippen molar-refractivity contribution < 1.29 is 51.2 Å². The average Bonchev–Trinajstić information content (AvgIpc) is 2.90. The van der Waals surface area contributed by atoms with Gasteiger partial charge in [0.1, 0.15) is 12.0 Å². The number of hydrogen-bond donors (Lipinski definition) is 5. The van der Waals surface area contributed by atoms with Crippen LogP contribution >= 0.6 is 23.5 Å². The molecule has 0 bridgehead atoms. The van der Waals surface area contributed by atoms with Crippen molar-refractivity contribution in [1.29, 1.82) is 0 Å². The third-order valence-electron chi connectivity index (χ3n) is 3.07. The second-order valence-electron chi connectivity index (χ2n) is 5.15. The Bertz CT molecular complexity index is 890. The number of hydrogen-bond acceptors (Lipinski definition) is 13. The normalized spacial score (nSPS) is 24.1. The molecule has 1 aliphatic rings. The summed E-state index contributed by atoms with van der Waals surface area (Å²) in [6.45, 7) is -0.692. The number of nitrogen functional groups attached to an aromatic ring is 1. The third-order valence-corrected chi connectivity index (χ3v) is 6.76. The molecule has 0 aromatic carbocycles. The molecule has 2 rings (SSSR count). The first-order chi connectivity index (χ1) is 12.3. The van der Waals surface area contributed by atoms with Crippen molar-refractivity contribution in [1.82, 2.24) is 28.0 Å². The smallest absolute Gasteiger partial charge is 0.351 e. The third kappa shape index (κ3) is 9.82. The summed E-state index contributed by atoms with van der Waals surface area (Å²) < 4.78 is 50.3. The van der Waals surface area contributed by atoms with Gasteiger partial charge in [0.2, 0.25) is 0 Å². The highest BCUT2D eigenvalue weighted by atomic mass is 31.3. The van der Waals surface area contributed by atoms with Gasteiger partial charge in [-0.3, -0.25) is 18.3 Å². The van der Waals surface area contributed by atoms with Gasteiger partial charge >= 0.3 is 5.69 Å². The van der Waals surface area contributed by atoms with E-state index in [1.165, 1.54) is 12.3 Å². The summed E-state index contributed by atoms with van der Waals surface area (Å²) in [7, 11) is -17.3. The van der Waals surface area contributed by atoms with Gasteiger partial charge in [0.15, 0.2) is 0 Å². The van der Waals surface area contributed by atoms with E-state index in [1.807, 2.05) is 0 Å². The van der Waals surface area contributed by atoms with Crippen molar-refractivity contribution >= 4 is 29.3 Å². The van der Waals surface area contributed by atoms with E-state index < -0.39 is 48.1 Å². The molecule has 1 aromatic heterocycles. The van der Waals surface area contributed by atoms with Crippen LogP contribution in [0.2, 0.25) is 0 Å². The lowest BCUT2D eigenvalue weighted by Gasteiger charge is -2.32. The minimum atomic E-state index is -5.95. The Hall–Kier alpha value is -1.07. The molecule has 1 aromatic rings. The molecule has 0 amide bonds. The van der Waals surface area contributed by atoms with Crippen LogP contribution < -0.4 is 44.6 Å². The van der Waals surface area contributed by atoms with Gasteiger partial charge < -0.3 is 53.0 Å². The van der Waals surface area contributed by atoms with Crippen LogP contribution in [0.15, 0.2) is 17.1 Å². The van der Waals surface area contributed by atoms with Crippen LogP contribution in [0, 0.1) is 0 Å².